The standard InChI is InChI=1S/C16H15FN2O4S/c1-11(20)19-8-9-23-16-7-6-14(10-15(16)19)24(21,22)18-13-4-2-12(17)3-5-13/h2-7,10,18H,8-9H2,1H3. The van der Waals surface area contributed by atoms with Crippen molar-refractivity contribution < 1.29 is 22.3 Å². The number of benzene rings is 2. The van der Waals surface area contributed by atoms with Gasteiger partial charge in [-0.3, -0.25) is 9.52 Å². The zero-order chi connectivity index (χ0) is 17.3. The van der Waals surface area contributed by atoms with Crippen LogP contribution < -0.4 is 14.4 Å². The average molecular weight is 350 g/mol. The smallest absolute Gasteiger partial charge is 0.261 e. The highest BCUT2D eigenvalue weighted by molar-refractivity contribution is 7.92. The molecule has 1 heterocycles. The van der Waals surface area contributed by atoms with Crippen LogP contribution in [0.4, 0.5) is 15.8 Å². The Hall–Kier alpha value is -2.61. The Kier molecular flexibility index (Phi) is 4.15. The van der Waals surface area contributed by atoms with Crippen molar-refractivity contribution in [3.05, 3.63) is 48.3 Å². The van der Waals surface area contributed by atoms with Gasteiger partial charge in [0.25, 0.3) is 10.0 Å². The van der Waals surface area contributed by atoms with Gasteiger partial charge in [-0.15, -0.1) is 0 Å². The summed E-state index contributed by atoms with van der Waals surface area (Å²) in [5.41, 5.74) is 0.657. The summed E-state index contributed by atoms with van der Waals surface area (Å²) in [6, 6.07) is 9.29. The van der Waals surface area contributed by atoms with E-state index in [-0.39, 0.29) is 16.5 Å². The summed E-state index contributed by atoms with van der Waals surface area (Å²) in [4.78, 5) is 13.2. The molecule has 126 valence electrons. The number of anilines is 2. The Labute approximate surface area is 138 Å². The van der Waals surface area contributed by atoms with E-state index in [2.05, 4.69) is 4.72 Å². The summed E-state index contributed by atoms with van der Waals surface area (Å²) >= 11 is 0. The van der Waals surface area contributed by atoms with Gasteiger partial charge in [-0.2, -0.15) is 0 Å². The second-order valence-corrected chi connectivity index (χ2v) is 6.94. The average Bonchev–Trinajstić information content (AvgIpc) is 2.55. The Morgan fingerprint density at radius 2 is 1.92 bits per heavy atom. The number of nitrogens with one attached hydrogen (secondary N) is 1. The molecule has 0 unspecified atom stereocenters. The summed E-state index contributed by atoms with van der Waals surface area (Å²) in [6.07, 6.45) is 0. The SMILES string of the molecule is CC(=O)N1CCOc2ccc(S(=O)(=O)Nc3ccc(F)cc3)cc21. The van der Waals surface area contributed by atoms with E-state index >= 15 is 0 Å². The van der Waals surface area contributed by atoms with Crippen molar-refractivity contribution in [1.82, 2.24) is 0 Å². The van der Waals surface area contributed by atoms with E-state index < -0.39 is 15.8 Å². The molecule has 8 heteroatoms. The highest BCUT2D eigenvalue weighted by Gasteiger charge is 2.24. The third kappa shape index (κ3) is 3.18. The Balaban J connectivity index is 1.95. The maximum absolute atomic E-state index is 12.9. The summed E-state index contributed by atoms with van der Waals surface area (Å²) in [5.74, 6) is -0.196. The van der Waals surface area contributed by atoms with Gasteiger partial charge >= 0.3 is 0 Å². The maximum Gasteiger partial charge on any atom is 0.261 e. The molecule has 0 atom stereocenters. The van der Waals surface area contributed by atoms with Crippen LogP contribution in [0.15, 0.2) is 47.4 Å². The van der Waals surface area contributed by atoms with Crippen LogP contribution in [0, 0.1) is 5.82 Å². The number of hydrogen-bond acceptors (Lipinski definition) is 4. The van der Waals surface area contributed by atoms with E-state index in [1.165, 1.54) is 42.2 Å². The molecule has 0 radical (unpaired) electrons. The summed E-state index contributed by atoms with van der Waals surface area (Å²) in [7, 11) is -3.87. The van der Waals surface area contributed by atoms with E-state index in [9.17, 15) is 17.6 Å². The van der Waals surface area contributed by atoms with Gasteiger partial charge in [0.1, 0.15) is 18.2 Å². The number of carbonyl (C=O) groups is 1. The molecular weight excluding hydrogens is 335 g/mol. The largest absolute Gasteiger partial charge is 0.490 e. The molecule has 2 aromatic rings. The van der Waals surface area contributed by atoms with Gasteiger partial charge in [-0.05, 0) is 42.5 Å². The maximum atomic E-state index is 12.9. The van der Waals surface area contributed by atoms with Crippen molar-refractivity contribution in [1.29, 1.82) is 0 Å². The van der Waals surface area contributed by atoms with E-state index in [0.717, 1.165) is 12.1 Å². The lowest BCUT2D eigenvalue weighted by atomic mass is 10.2. The fraction of sp³-hybridized carbons (Fsp3) is 0.188. The first-order valence-corrected chi connectivity index (χ1v) is 8.68. The summed E-state index contributed by atoms with van der Waals surface area (Å²) in [6.45, 7) is 2.12. The second kappa shape index (κ2) is 6.12. The molecule has 0 spiro atoms. The normalized spacial score (nSPS) is 13.8. The molecule has 6 nitrogen and oxygen atoms in total. The van der Waals surface area contributed by atoms with Gasteiger partial charge in [0.2, 0.25) is 5.91 Å². The van der Waals surface area contributed by atoms with Crippen LogP contribution in [-0.2, 0) is 14.8 Å². The van der Waals surface area contributed by atoms with Gasteiger partial charge in [0.15, 0.2) is 0 Å². The lowest BCUT2D eigenvalue weighted by molar-refractivity contribution is -0.116. The molecule has 1 amide bonds. The molecule has 0 aliphatic carbocycles. The summed E-state index contributed by atoms with van der Waals surface area (Å²) < 4.78 is 45.7. The molecule has 0 bridgehead atoms. The van der Waals surface area contributed by atoms with Crippen molar-refractivity contribution in [3.8, 4) is 5.75 Å². The minimum Gasteiger partial charge on any atom is -0.490 e. The van der Waals surface area contributed by atoms with Crippen molar-refractivity contribution in [3.63, 3.8) is 0 Å². The van der Waals surface area contributed by atoms with Crippen molar-refractivity contribution >= 4 is 27.3 Å². The van der Waals surface area contributed by atoms with Gasteiger partial charge < -0.3 is 9.64 Å². The number of sulfonamides is 1. The zero-order valence-electron chi connectivity index (χ0n) is 12.8. The van der Waals surface area contributed by atoms with Crippen LogP contribution in [0.1, 0.15) is 6.92 Å². The molecular formula is C16H15FN2O4S. The molecule has 1 N–H and O–H groups in total. The lowest BCUT2D eigenvalue weighted by Gasteiger charge is -2.29. The minimum absolute atomic E-state index is 0.0117. The highest BCUT2D eigenvalue weighted by Crippen LogP contribution is 2.34. The third-order valence-corrected chi connectivity index (χ3v) is 4.96. The second-order valence-electron chi connectivity index (χ2n) is 5.26. The number of amides is 1. The molecule has 1 aliphatic rings. The number of rotatable bonds is 3. The number of carbonyl (C=O) groups excluding carboxylic acids is 1. The van der Waals surface area contributed by atoms with Crippen LogP contribution in [0.2, 0.25) is 0 Å². The lowest BCUT2D eigenvalue weighted by Crippen LogP contribution is -2.36. The third-order valence-electron chi connectivity index (χ3n) is 3.58. The first kappa shape index (κ1) is 16.3. The van der Waals surface area contributed by atoms with Crippen molar-refractivity contribution in [2.45, 2.75) is 11.8 Å². The van der Waals surface area contributed by atoms with Crippen LogP contribution >= 0.6 is 0 Å². The van der Waals surface area contributed by atoms with Gasteiger partial charge in [-0.1, -0.05) is 0 Å². The molecule has 0 fully saturated rings. The van der Waals surface area contributed by atoms with Crippen LogP contribution in [-0.4, -0.2) is 27.5 Å². The highest BCUT2D eigenvalue weighted by atomic mass is 32.2. The fourth-order valence-corrected chi connectivity index (χ4v) is 3.50. The monoisotopic (exact) mass is 350 g/mol. The van der Waals surface area contributed by atoms with E-state index in [1.807, 2.05) is 0 Å². The quantitative estimate of drug-likeness (QED) is 0.922. The van der Waals surface area contributed by atoms with E-state index in [0.29, 0.717) is 24.6 Å². The van der Waals surface area contributed by atoms with Crippen molar-refractivity contribution in [2.24, 2.45) is 0 Å². The van der Waals surface area contributed by atoms with E-state index in [4.69, 9.17) is 4.74 Å². The topological polar surface area (TPSA) is 75.7 Å². The first-order chi connectivity index (χ1) is 11.4. The summed E-state index contributed by atoms with van der Waals surface area (Å²) in [5, 5.41) is 0. The van der Waals surface area contributed by atoms with Gasteiger partial charge in [-0.25, -0.2) is 12.8 Å². The number of ether oxygens (including phenoxy) is 1. The Bertz CT molecular complexity index is 881. The van der Waals surface area contributed by atoms with Crippen LogP contribution in [0.25, 0.3) is 0 Å². The molecule has 2 aromatic carbocycles. The number of nitrogens with zero attached hydrogens (tertiary/aromatic N) is 1. The first-order valence-electron chi connectivity index (χ1n) is 7.20. The Morgan fingerprint density at radius 1 is 1.21 bits per heavy atom. The molecule has 1 aliphatic heterocycles. The van der Waals surface area contributed by atoms with Gasteiger partial charge in [0.05, 0.1) is 17.1 Å². The van der Waals surface area contributed by atoms with E-state index in [1.54, 1.807) is 0 Å². The molecule has 0 saturated heterocycles. The molecule has 0 aromatic heterocycles. The van der Waals surface area contributed by atoms with Gasteiger partial charge in [0, 0.05) is 12.6 Å². The number of fused-ring (bicyclic) bond motifs is 1. The van der Waals surface area contributed by atoms with Crippen LogP contribution in [0.5, 0.6) is 5.75 Å². The number of hydrogen-bond donors (Lipinski definition) is 1. The van der Waals surface area contributed by atoms with Crippen molar-refractivity contribution in [2.75, 3.05) is 22.8 Å². The fourth-order valence-electron chi connectivity index (χ4n) is 2.42. The molecule has 24 heavy (non-hydrogen) atoms. The predicted molar refractivity (Wildman–Crippen MR) is 87.2 cm³/mol. The minimum atomic E-state index is -3.87. The molecule has 0 saturated carbocycles. The predicted octanol–water partition coefficient (Wildman–Crippen LogP) is 2.37. The van der Waals surface area contributed by atoms with Crippen LogP contribution in [0.3, 0.4) is 0 Å². The zero-order valence-corrected chi connectivity index (χ0v) is 13.6. The number of halogens is 1. The Morgan fingerprint density at radius 3 is 2.58 bits per heavy atom. The molecule has 3 rings (SSSR count).